The van der Waals surface area contributed by atoms with Crippen molar-refractivity contribution >= 4 is 5.91 Å². The summed E-state index contributed by atoms with van der Waals surface area (Å²) in [6, 6.07) is 2.18. The van der Waals surface area contributed by atoms with Gasteiger partial charge in [0.15, 0.2) is 0 Å². The molecule has 2 rings (SSSR count). The van der Waals surface area contributed by atoms with Crippen LogP contribution in [0.5, 0.6) is 0 Å². The van der Waals surface area contributed by atoms with Crippen LogP contribution < -0.4 is 5.32 Å². The maximum Gasteiger partial charge on any atom is 0.222 e. The standard InChI is InChI=1S/C14H24N4O/c15-4-1-7-17-8-10-18(11-9-17)14(19)12-13-2-5-16-6-3-13/h13,16H,1-3,5-12H2. The Labute approximate surface area is 115 Å². The number of rotatable bonds is 4. The van der Waals surface area contributed by atoms with Crippen molar-refractivity contribution in [1.29, 1.82) is 5.26 Å². The molecule has 0 bridgehead atoms. The van der Waals surface area contributed by atoms with Crippen LogP contribution in [0.3, 0.4) is 0 Å². The molecule has 5 nitrogen and oxygen atoms in total. The minimum atomic E-state index is 0.326. The summed E-state index contributed by atoms with van der Waals surface area (Å²) < 4.78 is 0. The zero-order valence-corrected chi connectivity index (χ0v) is 11.6. The second-order valence-electron chi connectivity index (χ2n) is 5.53. The lowest BCUT2D eigenvalue weighted by Gasteiger charge is -2.35. The Hall–Kier alpha value is -1.12. The van der Waals surface area contributed by atoms with E-state index in [-0.39, 0.29) is 0 Å². The molecule has 2 aliphatic heterocycles. The summed E-state index contributed by atoms with van der Waals surface area (Å²) in [6.45, 7) is 6.44. The first-order valence-electron chi connectivity index (χ1n) is 7.37. The summed E-state index contributed by atoms with van der Waals surface area (Å²) in [5.41, 5.74) is 0. The minimum absolute atomic E-state index is 0.326. The van der Waals surface area contributed by atoms with Crippen molar-refractivity contribution < 1.29 is 4.79 Å². The van der Waals surface area contributed by atoms with E-state index in [1.54, 1.807) is 0 Å². The van der Waals surface area contributed by atoms with E-state index in [1.807, 2.05) is 4.90 Å². The SMILES string of the molecule is N#CCCN1CCN(C(=O)CC2CCNCC2)CC1. The van der Waals surface area contributed by atoms with Crippen molar-refractivity contribution in [3.8, 4) is 6.07 Å². The molecular formula is C14H24N4O. The number of piperazine rings is 1. The highest BCUT2D eigenvalue weighted by molar-refractivity contribution is 5.76. The van der Waals surface area contributed by atoms with Gasteiger partial charge in [-0.05, 0) is 31.8 Å². The van der Waals surface area contributed by atoms with E-state index < -0.39 is 0 Å². The van der Waals surface area contributed by atoms with Gasteiger partial charge < -0.3 is 10.2 Å². The summed E-state index contributed by atoms with van der Waals surface area (Å²) in [4.78, 5) is 16.5. The molecule has 2 saturated heterocycles. The van der Waals surface area contributed by atoms with E-state index in [0.717, 1.165) is 65.1 Å². The zero-order valence-electron chi connectivity index (χ0n) is 11.6. The predicted octanol–water partition coefficient (Wildman–Crippen LogP) is 0.434. The van der Waals surface area contributed by atoms with Crippen molar-refractivity contribution in [2.45, 2.75) is 25.7 Å². The van der Waals surface area contributed by atoms with Gasteiger partial charge in [0.05, 0.1) is 6.07 Å². The molecule has 0 aromatic carbocycles. The molecule has 0 aliphatic carbocycles. The Bertz CT molecular complexity index is 325. The molecule has 0 spiro atoms. The van der Waals surface area contributed by atoms with E-state index >= 15 is 0 Å². The van der Waals surface area contributed by atoms with Crippen LogP contribution in [-0.4, -0.2) is 61.5 Å². The van der Waals surface area contributed by atoms with Crippen molar-refractivity contribution in [3.63, 3.8) is 0 Å². The Kier molecular flexibility index (Phi) is 5.62. The highest BCUT2D eigenvalue weighted by atomic mass is 16.2. The van der Waals surface area contributed by atoms with Gasteiger partial charge in [-0.15, -0.1) is 0 Å². The van der Waals surface area contributed by atoms with Gasteiger partial charge in [-0.2, -0.15) is 5.26 Å². The minimum Gasteiger partial charge on any atom is -0.340 e. The van der Waals surface area contributed by atoms with Crippen LogP contribution in [-0.2, 0) is 4.79 Å². The van der Waals surface area contributed by atoms with Crippen LogP contribution in [0.15, 0.2) is 0 Å². The molecule has 5 heteroatoms. The highest BCUT2D eigenvalue weighted by Gasteiger charge is 2.24. The number of nitriles is 1. The van der Waals surface area contributed by atoms with Crippen molar-refractivity contribution in [2.24, 2.45) is 5.92 Å². The van der Waals surface area contributed by atoms with Gasteiger partial charge in [0.2, 0.25) is 5.91 Å². The fourth-order valence-electron chi connectivity index (χ4n) is 2.89. The van der Waals surface area contributed by atoms with Crippen molar-refractivity contribution in [3.05, 3.63) is 0 Å². The summed E-state index contributed by atoms with van der Waals surface area (Å²) in [5, 5.41) is 11.9. The molecule has 106 valence electrons. The van der Waals surface area contributed by atoms with Gasteiger partial charge in [-0.3, -0.25) is 9.69 Å². The fraction of sp³-hybridized carbons (Fsp3) is 0.857. The summed E-state index contributed by atoms with van der Waals surface area (Å²) >= 11 is 0. The van der Waals surface area contributed by atoms with Gasteiger partial charge in [-0.1, -0.05) is 0 Å². The number of carbonyl (C=O) groups is 1. The van der Waals surface area contributed by atoms with Crippen LogP contribution in [0.4, 0.5) is 0 Å². The number of carbonyl (C=O) groups excluding carboxylic acids is 1. The average molecular weight is 264 g/mol. The maximum atomic E-state index is 12.2. The first-order chi connectivity index (χ1) is 9.29. The van der Waals surface area contributed by atoms with Crippen molar-refractivity contribution in [2.75, 3.05) is 45.8 Å². The van der Waals surface area contributed by atoms with E-state index in [2.05, 4.69) is 16.3 Å². The third-order valence-electron chi connectivity index (χ3n) is 4.19. The number of hydrogen-bond donors (Lipinski definition) is 1. The zero-order chi connectivity index (χ0) is 13.5. The molecule has 0 aromatic heterocycles. The maximum absolute atomic E-state index is 12.2. The van der Waals surface area contributed by atoms with Crippen molar-refractivity contribution in [1.82, 2.24) is 15.1 Å². The van der Waals surface area contributed by atoms with E-state index in [1.165, 1.54) is 0 Å². The Balaban J connectivity index is 1.68. The monoisotopic (exact) mass is 264 g/mol. The van der Waals surface area contributed by atoms with Crippen LogP contribution in [0.25, 0.3) is 0 Å². The van der Waals surface area contributed by atoms with Crippen LogP contribution >= 0.6 is 0 Å². The van der Waals surface area contributed by atoms with Gasteiger partial charge in [-0.25, -0.2) is 0 Å². The van der Waals surface area contributed by atoms with Gasteiger partial charge in [0.25, 0.3) is 0 Å². The first-order valence-corrected chi connectivity index (χ1v) is 7.37. The molecule has 0 aromatic rings. The highest BCUT2D eigenvalue weighted by Crippen LogP contribution is 2.17. The molecule has 2 fully saturated rings. The second kappa shape index (κ2) is 7.46. The predicted molar refractivity (Wildman–Crippen MR) is 73.5 cm³/mol. The smallest absolute Gasteiger partial charge is 0.222 e. The van der Waals surface area contributed by atoms with Crippen LogP contribution in [0.2, 0.25) is 0 Å². The van der Waals surface area contributed by atoms with Gasteiger partial charge in [0, 0.05) is 45.6 Å². The quantitative estimate of drug-likeness (QED) is 0.800. The van der Waals surface area contributed by atoms with Crippen LogP contribution in [0, 0.1) is 17.2 Å². The Morgan fingerprint density at radius 1 is 1.21 bits per heavy atom. The largest absolute Gasteiger partial charge is 0.340 e. The topological polar surface area (TPSA) is 59.4 Å². The lowest BCUT2D eigenvalue weighted by atomic mass is 9.94. The summed E-state index contributed by atoms with van der Waals surface area (Å²) in [6.07, 6.45) is 3.57. The number of nitrogens with zero attached hydrogens (tertiary/aromatic N) is 3. The van der Waals surface area contributed by atoms with Crippen LogP contribution in [0.1, 0.15) is 25.7 Å². The number of nitrogens with one attached hydrogen (secondary N) is 1. The third-order valence-corrected chi connectivity index (χ3v) is 4.19. The molecule has 2 heterocycles. The lowest BCUT2D eigenvalue weighted by molar-refractivity contribution is -0.134. The first kappa shape index (κ1) is 14.3. The van der Waals surface area contributed by atoms with E-state index in [0.29, 0.717) is 18.2 Å². The summed E-state index contributed by atoms with van der Waals surface area (Å²) in [7, 11) is 0. The van der Waals surface area contributed by atoms with Gasteiger partial charge >= 0.3 is 0 Å². The number of amides is 1. The lowest BCUT2D eigenvalue weighted by Crippen LogP contribution is -2.49. The number of piperidine rings is 1. The fourth-order valence-corrected chi connectivity index (χ4v) is 2.89. The molecule has 0 radical (unpaired) electrons. The molecule has 19 heavy (non-hydrogen) atoms. The molecule has 1 N–H and O–H groups in total. The van der Waals surface area contributed by atoms with E-state index in [9.17, 15) is 4.79 Å². The third kappa shape index (κ3) is 4.48. The molecule has 0 atom stereocenters. The van der Waals surface area contributed by atoms with Gasteiger partial charge in [0.1, 0.15) is 0 Å². The Morgan fingerprint density at radius 2 is 1.89 bits per heavy atom. The summed E-state index contributed by atoms with van der Waals surface area (Å²) in [5.74, 6) is 0.900. The molecule has 2 aliphatic rings. The van der Waals surface area contributed by atoms with E-state index in [4.69, 9.17) is 5.26 Å². The second-order valence-corrected chi connectivity index (χ2v) is 5.53. The molecular weight excluding hydrogens is 240 g/mol. The normalized spacial score (nSPS) is 22.2. The Morgan fingerprint density at radius 3 is 2.53 bits per heavy atom. The molecule has 1 amide bonds. The average Bonchev–Trinajstić information content (AvgIpc) is 2.46. The molecule has 0 unspecified atom stereocenters. The molecule has 0 saturated carbocycles. The number of hydrogen-bond acceptors (Lipinski definition) is 4.